The Hall–Kier alpha value is -1.34. The summed E-state index contributed by atoms with van der Waals surface area (Å²) in [6.07, 6.45) is 8.06. The van der Waals surface area contributed by atoms with E-state index in [4.69, 9.17) is 4.74 Å². The molecule has 4 rings (SSSR count). The Morgan fingerprint density at radius 2 is 1.90 bits per heavy atom. The number of fused-ring (bicyclic) bond motifs is 7. The van der Waals surface area contributed by atoms with E-state index in [9.17, 15) is 0 Å². The normalized spacial score (nSPS) is 37.6. The van der Waals surface area contributed by atoms with Gasteiger partial charge in [-0.3, -0.25) is 0 Å². The van der Waals surface area contributed by atoms with E-state index in [0.29, 0.717) is 5.92 Å². The minimum Gasteiger partial charge on any atom is -0.355 e. The quantitative estimate of drug-likeness (QED) is 0.633. The van der Waals surface area contributed by atoms with Crippen LogP contribution < -0.4 is 0 Å². The van der Waals surface area contributed by atoms with Gasteiger partial charge >= 0.3 is 0 Å². The van der Waals surface area contributed by atoms with E-state index in [1.54, 1.807) is 0 Å². The average Bonchev–Trinajstić information content (AvgIpc) is 2.89. The van der Waals surface area contributed by atoms with Gasteiger partial charge in [0.15, 0.2) is 0 Å². The van der Waals surface area contributed by atoms with E-state index >= 15 is 0 Å². The molecule has 1 saturated heterocycles. The zero-order valence-electron chi connectivity index (χ0n) is 12.7. The molecule has 2 aliphatic heterocycles. The largest absolute Gasteiger partial charge is 0.355 e. The van der Waals surface area contributed by atoms with Crippen LogP contribution in [0, 0.1) is 5.41 Å². The van der Waals surface area contributed by atoms with Crippen molar-refractivity contribution in [2.45, 2.75) is 51.2 Å². The van der Waals surface area contributed by atoms with Gasteiger partial charge in [-0.05, 0) is 41.5 Å². The summed E-state index contributed by atoms with van der Waals surface area (Å²) in [7, 11) is 0. The molecule has 3 aliphatic rings. The maximum Gasteiger partial charge on any atom is 0.114 e. The van der Waals surface area contributed by atoms with Crippen molar-refractivity contribution in [3.63, 3.8) is 0 Å². The maximum atomic E-state index is 6.64. The summed E-state index contributed by atoms with van der Waals surface area (Å²) in [5.74, 6) is 0.386. The highest BCUT2D eigenvalue weighted by atomic mass is 16.5. The van der Waals surface area contributed by atoms with E-state index in [1.165, 1.54) is 16.7 Å². The Kier molecular flexibility index (Phi) is 2.14. The lowest BCUT2D eigenvalue weighted by Gasteiger charge is -2.40. The van der Waals surface area contributed by atoms with Crippen molar-refractivity contribution in [1.29, 1.82) is 0 Å². The lowest BCUT2D eigenvalue weighted by atomic mass is 9.62. The van der Waals surface area contributed by atoms with Crippen LogP contribution in [0.25, 0.3) is 0 Å². The predicted molar refractivity (Wildman–Crippen MR) is 81.8 cm³/mol. The number of benzene rings is 1. The highest BCUT2D eigenvalue weighted by molar-refractivity contribution is 5.57. The zero-order chi connectivity index (χ0) is 14.2. The van der Waals surface area contributed by atoms with Crippen molar-refractivity contribution in [2.24, 2.45) is 5.41 Å². The molecule has 1 aliphatic carbocycles. The Balaban J connectivity index is 1.95. The summed E-state index contributed by atoms with van der Waals surface area (Å²) >= 11 is 0. The van der Waals surface area contributed by atoms with Crippen LogP contribution >= 0.6 is 0 Å². The number of allylic oxidation sites excluding steroid dienone is 1. The molecule has 0 N–H and O–H groups in total. The van der Waals surface area contributed by atoms with Crippen LogP contribution in [0.15, 0.2) is 48.1 Å². The van der Waals surface area contributed by atoms with Crippen LogP contribution in [0.1, 0.15) is 44.7 Å². The molecule has 1 heteroatoms. The fraction of sp³-hybridized carbons (Fsp3) is 0.474. The van der Waals surface area contributed by atoms with Gasteiger partial charge in [0.2, 0.25) is 0 Å². The fourth-order valence-corrected chi connectivity index (χ4v) is 4.33. The highest BCUT2D eigenvalue weighted by Gasteiger charge is 2.64. The third-order valence-corrected chi connectivity index (χ3v) is 5.37. The number of rotatable bonds is 0. The SMILES string of the molecule is CC(C)(C)[C@]12C=C[C@](C)(O1)C1C2=CCc2ccccc21. The van der Waals surface area contributed by atoms with Gasteiger partial charge in [0.1, 0.15) is 5.60 Å². The van der Waals surface area contributed by atoms with Crippen molar-refractivity contribution in [3.05, 3.63) is 59.2 Å². The summed E-state index contributed by atoms with van der Waals surface area (Å²) < 4.78 is 6.64. The minimum absolute atomic E-state index is 0.0775. The van der Waals surface area contributed by atoms with Crippen LogP contribution in [0.4, 0.5) is 0 Å². The van der Waals surface area contributed by atoms with Gasteiger partial charge in [0.05, 0.1) is 5.60 Å². The molecule has 0 saturated carbocycles. The lowest BCUT2D eigenvalue weighted by molar-refractivity contribution is -0.0714. The molecule has 20 heavy (non-hydrogen) atoms. The first-order chi connectivity index (χ1) is 9.37. The van der Waals surface area contributed by atoms with Crippen molar-refractivity contribution in [1.82, 2.24) is 0 Å². The van der Waals surface area contributed by atoms with Crippen molar-refractivity contribution in [3.8, 4) is 0 Å². The summed E-state index contributed by atoms with van der Waals surface area (Å²) in [6, 6.07) is 8.84. The molecule has 0 spiro atoms. The molecule has 1 nitrogen and oxygen atoms in total. The molecule has 0 radical (unpaired) electrons. The zero-order valence-corrected chi connectivity index (χ0v) is 12.7. The summed E-state index contributed by atoms with van der Waals surface area (Å²) in [5, 5.41) is 0. The van der Waals surface area contributed by atoms with Crippen LogP contribution in [0.2, 0.25) is 0 Å². The molecule has 2 bridgehead atoms. The van der Waals surface area contributed by atoms with Crippen LogP contribution in [-0.4, -0.2) is 11.2 Å². The molecule has 1 fully saturated rings. The number of ether oxygens (including phenoxy) is 1. The molecular formula is C19H22O. The first-order valence-electron chi connectivity index (χ1n) is 7.56. The van der Waals surface area contributed by atoms with E-state index < -0.39 is 0 Å². The summed E-state index contributed by atoms with van der Waals surface area (Å²) in [6.45, 7) is 9.09. The van der Waals surface area contributed by atoms with E-state index in [2.05, 4.69) is 70.2 Å². The van der Waals surface area contributed by atoms with Gasteiger partial charge in [-0.1, -0.05) is 57.2 Å². The Labute approximate surface area is 121 Å². The fourth-order valence-electron chi connectivity index (χ4n) is 4.33. The van der Waals surface area contributed by atoms with Crippen molar-refractivity contribution >= 4 is 0 Å². The Bertz CT molecular complexity index is 646. The second-order valence-electron chi connectivity index (χ2n) is 7.60. The average molecular weight is 266 g/mol. The molecule has 1 aromatic rings. The Morgan fingerprint density at radius 3 is 2.65 bits per heavy atom. The minimum atomic E-state index is -0.222. The third kappa shape index (κ3) is 1.27. The summed E-state index contributed by atoms with van der Waals surface area (Å²) in [4.78, 5) is 0. The van der Waals surface area contributed by atoms with Crippen molar-refractivity contribution < 1.29 is 4.74 Å². The Morgan fingerprint density at radius 1 is 1.15 bits per heavy atom. The van der Waals surface area contributed by atoms with Gasteiger partial charge in [0, 0.05) is 5.92 Å². The van der Waals surface area contributed by atoms with Gasteiger partial charge in [0.25, 0.3) is 0 Å². The maximum absolute atomic E-state index is 6.64. The lowest BCUT2D eigenvalue weighted by Crippen LogP contribution is -2.41. The van der Waals surface area contributed by atoms with E-state index in [0.717, 1.165) is 6.42 Å². The van der Waals surface area contributed by atoms with Gasteiger partial charge in [-0.15, -0.1) is 0 Å². The topological polar surface area (TPSA) is 9.23 Å². The number of hydrogen-bond donors (Lipinski definition) is 0. The van der Waals surface area contributed by atoms with Gasteiger partial charge < -0.3 is 4.74 Å². The van der Waals surface area contributed by atoms with Crippen molar-refractivity contribution in [2.75, 3.05) is 0 Å². The first kappa shape index (κ1) is 12.4. The van der Waals surface area contributed by atoms with E-state index in [-0.39, 0.29) is 16.6 Å². The molecule has 104 valence electrons. The van der Waals surface area contributed by atoms with E-state index in [1.807, 2.05) is 0 Å². The predicted octanol–water partition coefficient (Wildman–Crippen LogP) is 4.40. The van der Waals surface area contributed by atoms with Gasteiger partial charge in [-0.2, -0.15) is 0 Å². The standard InChI is InChI=1S/C19H22O/c1-17(2,3)19-12-11-18(4,20-19)16-14-8-6-5-7-13(14)9-10-15(16)19/h5-8,10-12,16H,9H2,1-4H3/t16?,18-,19+/m0/s1. The number of hydrogen-bond acceptors (Lipinski definition) is 1. The highest BCUT2D eigenvalue weighted by Crippen LogP contribution is 2.64. The second-order valence-corrected chi connectivity index (χ2v) is 7.60. The third-order valence-electron chi connectivity index (χ3n) is 5.37. The molecule has 1 aromatic carbocycles. The second kappa shape index (κ2) is 3.46. The molecule has 2 heterocycles. The molecule has 0 aromatic heterocycles. The van der Waals surface area contributed by atoms with Crippen LogP contribution in [0.5, 0.6) is 0 Å². The van der Waals surface area contributed by atoms with Gasteiger partial charge in [-0.25, -0.2) is 0 Å². The molecule has 0 amide bonds. The molecular weight excluding hydrogens is 244 g/mol. The summed E-state index contributed by atoms with van der Waals surface area (Å²) in [5.41, 5.74) is 4.07. The molecule has 3 atom stereocenters. The molecule has 1 unspecified atom stereocenters. The van der Waals surface area contributed by atoms with Crippen LogP contribution in [0.3, 0.4) is 0 Å². The van der Waals surface area contributed by atoms with Crippen LogP contribution in [-0.2, 0) is 11.2 Å². The first-order valence-corrected chi connectivity index (χ1v) is 7.56. The monoisotopic (exact) mass is 266 g/mol. The smallest absolute Gasteiger partial charge is 0.114 e.